The van der Waals surface area contributed by atoms with E-state index in [1.165, 1.54) is 0 Å². The third-order valence-corrected chi connectivity index (χ3v) is 3.00. The van der Waals surface area contributed by atoms with Gasteiger partial charge in [-0.05, 0) is 12.8 Å². The van der Waals surface area contributed by atoms with Crippen LogP contribution in [0.3, 0.4) is 0 Å². The van der Waals surface area contributed by atoms with E-state index >= 15 is 0 Å². The monoisotopic (exact) mass is 222 g/mol. The lowest BCUT2D eigenvalue weighted by Crippen LogP contribution is -2.39. The van der Waals surface area contributed by atoms with Crippen molar-refractivity contribution < 1.29 is 4.79 Å². The van der Waals surface area contributed by atoms with E-state index in [-0.39, 0.29) is 6.03 Å². The Morgan fingerprint density at radius 3 is 2.75 bits per heavy atom. The van der Waals surface area contributed by atoms with Gasteiger partial charge < -0.3 is 14.4 Å². The molecule has 0 aromatic carbocycles. The van der Waals surface area contributed by atoms with Gasteiger partial charge in [0.25, 0.3) is 0 Å². The van der Waals surface area contributed by atoms with E-state index in [1.54, 1.807) is 11.1 Å². The number of imidazole rings is 1. The van der Waals surface area contributed by atoms with Gasteiger partial charge >= 0.3 is 6.03 Å². The minimum absolute atomic E-state index is 0.112. The number of aryl methyl sites for hydroxylation is 1. The summed E-state index contributed by atoms with van der Waals surface area (Å²) in [5.41, 5.74) is 0. The molecule has 88 valence electrons. The number of nitrogens with zero attached hydrogens (tertiary/aromatic N) is 4. The van der Waals surface area contributed by atoms with Crippen LogP contribution in [0, 0.1) is 0 Å². The highest BCUT2D eigenvalue weighted by molar-refractivity contribution is 5.74. The molecule has 1 aliphatic heterocycles. The summed E-state index contributed by atoms with van der Waals surface area (Å²) in [5, 5.41) is 0. The maximum absolute atomic E-state index is 12.0. The summed E-state index contributed by atoms with van der Waals surface area (Å²) in [7, 11) is 3.77. The van der Waals surface area contributed by atoms with Crippen LogP contribution in [0.1, 0.15) is 18.7 Å². The molecule has 5 nitrogen and oxygen atoms in total. The third-order valence-electron chi connectivity index (χ3n) is 3.00. The summed E-state index contributed by atoms with van der Waals surface area (Å²) >= 11 is 0. The van der Waals surface area contributed by atoms with Gasteiger partial charge in [0.1, 0.15) is 5.82 Å². The molecule has 0 aliphatic carbocycles. The van der Waals surface area contributed by atoms with Crippen LogP contribution >= 0.6 is 0 Å². The Labute approximate surface area is 95.7 Å². The first-order valence-corrected chi connectivity index (χ1v) is 5.64. The molecule has 0 spiro atoms. The predicted octanol–water partition coefficient (Wildman–Crippen LogP) is 1.07. The fourth-order valence-corrected chi connectivity index (χ4v) is 1.98. The summed E-state index contributed by atoms with van der Waals surface area (Å²) in [6.45, 7) is 2.35. The second kappa shape index (κ2) is 4.55. The Hall–Kier alpha value is -1.52. The van der Waals surface area contributed by atoms with Crippen molar-refractivity contribution >= 4 is 6.03 Å². The standard InChI is InChI=1S/C11H18N4O/c1-13-8-5-12-10(13)9-14(2)11(16)15-6-3-4-7-15/h5,8H,3-4,6-7,9H2,1-2H3. The Morgan fingerprint density at radius 2 is 2.19 bits per heavy atom. The summed E-state index contributed by atoms with van der Waals surface area (Å²) in [5.74, 6) is 0.912. The number of likely N-dealkylation sites (tertiary alicyclic amines) is 1. The van der Waals surface area contributed by atoms with Crippen molar-refractivity contribution in [3.8, 4) is 0 Å². The highest BCUT2D eigenvalue weighted by atomic mass is 16.2. The Kier molecular flexibility index (Phi) is 3.12. The van der Waals surface area contributed by atoms with E-state index in [0.29, 0.717) is 6.54 Å². The van der Waals surface area contributed by atoms with Crippen LogP contribution in [0.4, 0.5) is 4.79 Å². The molecule has 1 aromatic heterocycles. The summed E-state index contributed by atoms with van der Waals surface area (Å²) in [6, 6.07) is 0.112. The fraction of sp³-hybridized carbons (Fsp3) is 0.636. The minimum atomic E-state index is 0.112. The molecular weight excluding hydrogens is 204 g/mol. The number of amides is 2. The summed E-state index contributed by atoms with van der Waals surface area (Å²) in [6.07, 6.45) is 5.90. The zero-order valence-electron chi connectivity index (χ0n) is 9.89. The number of carbonyl (C=O) groups is 1. The smallest absolute Gasteiger partial charge is 0.320 e. The molecule has 1 aliphatic rings. The first-order valence-electron chi connectivity index (χ1n) is 5.64. The maximum atomic E-state index is 12.0. The zero-order valence-corrected chi connectivity index (χ0v) is 9.89. The van der Waals surface area contributed by atoms with Crippen molar-refractivity contribution in [3.05, 3.63) is 18.2 Å². The number of aromatic nitrogens is 2. The molecule has 0 radical (unpaired) electrons. The lowest BCUT2D eigenvalue weighted by atomic mass is 10.4. The number of hydrogen-bond acceptors (Lipinski definition) is 2. The molecular formula is C11H18N4O. The summed E-state index contributed by atoms with van der Waals surface area (Å²) in [4.78, 5) is 19.8. The largest absolute Gasteiger partial charge is 0.337 e. The molecule has 0 atom stereocenters. The quantitative estimate of drug-likeness (QED) is 0.751. The molecule has 0 saturated carbocycles. The first-order chi connectivity index (χ1) is 7.68. The Bertz CT molecular complexity index is 368. The molecule has 2 amide bonds. The molecule has 2 rings (SSSR count). The zero-order chi connectivity index (χ0) is 11.5. The van der Waals surface area contributed by atoms with Gasteiger partial charge in [-0.1, -0.05) is 0 Å². The molecule has 2 heterocycles. The third kappa shape index (κ3) is 2.18. The van der Waals surface area contributed by atoms with E-state index in [2.05, 4.69) is 4.98 Å². The van der Waals surface area contributed by atoms with Crippen LogP contribution < -0.4 is 0 Å². The van der Waals surface area contributed by atoms with Crippen LogP contribution in [0.2, 0.25) is 0 Å². The number of rotatable bonds is 2. The van der Waals surface area contributed by atoms with E-state index in [1.807, 2.05) is 29.8 Å². The lowest BCUT2D eigenvalue weighted by Gasteiger charge is -2.23. The molecule has 0 unspecified atom stereocenters. The first kappa shape index (κ1) is 11.0. The minimum Gasteiger partial charge on any atom is -0.337 e. The van der Waals surface area contributed by atoms with Crippen LogP contribution in [-0.2, 0) is 13.6 Å². The average molecular weight is 222 g/mol. The highest BCUT2D eigenvalue weighted by Crippen LogP contribution is 2.11. The average Bonchev–Trinajstić information content (AvgIpc) is 2.89. The molecule has 5 heteroatoms. The molecule has 1 aromatic rings. The molecule has 0 bridgehead atoms. The van der Waals surface area contributed by atoms with Gasteiger partial charge in [-0.15, -0.1) is 0 Å². The van der Waals surface area contributed by atoms with Gasteiger partial charge in [-0.2, -0.15) is 0 Å². The van der Waals surface area contributed by atoms with Crippen molar-refractivity contribution in [2.75, 3.05) is 20.1 Å². The number of carbonyl (C=O) groups excluding carboxylic acids is 1. The van der Waals surface area contributed by atoms with Crippen LogP contribution in [0.5, 0.6) is 0 Å². The van der Waals surface area contributed by atoms with Crippen LogP contribution in [0.25, 0.3) is 0 Å². The second-order valence-electron chi connectivity index (χ2n) is 4.29. The fourth-order valence-electron chi connectivity index (χ4n) is 1.98. The van der Waals surface area contributed by atoms with Gasteiger partial charge in [0, 0.05) is 39.6 Å². The van der Waals surface area contributed by atoms with Gasteiger partial charge in [0.2, 0.25) is 0 Å². The van der Waals surface area contributed by atoms with E-state index in [0.717, 1.165) is 31.8 Å². The van der Waals surface area contributed by atoms with Crippen molar-refractivity contribution in [1.82, 2.24) is 19.4 Å². The van der Waals surface area contributed by atoms with Crippen molar-refractivity contribution in [2.24, 2.45) is 7.05 Å². The molecule has 0 N–H and O–H groups in total. The SMILES string of the molecule is CN(Cc1nccn1C)C(=O)N1CCCC1. The van der Waals surface area contributed by atoms with Gasteiger partial charge in [0.05, 0.1) is 6.54 Å². The highest BCUT2D eigenvalue weighted by Gasteiger charge is 2.21. The molecule has 1 fully saturated rings. The predicted molar refractivity (Wildman–Crippen MR) is 60.9 cm³/mol. The molecule has 1 saturated heterocycles. The lowest BCUT2D eigenvalue weighted by molar-refractivity contribution is 0.169. The maximum Gasteiger partial charge on any atom is 0.320 e. The Balaban J connectivity index is 1.94. The van der Waals surface area contributed by atoms with Gasteiger partial charge in [0.15, 0.2) is 0 Å². The van der Waals surface area contributed by atoms with E-state index < -0.39 is 0 Å². The molecule has 16 heavy (non-hydrogen) atoms. The van der Waals surface area contributed by atoms with Gasteiger partial charge in [-0.3, -0.25) is 0 Å². The van der Waals surface area contributed by atoms with Gasteiger partial charge in [-0.25, -0.2) is 9.78 Å². The van der Waals surface area contributed by atoms with Crippen molar-refractivity contribution in [2.45, 2.75) is 19.4 Å². The summed E-state index contributed by atoms with van der Waals surface area (Å²) < 4.78 is 1.94. The van der Waals surface area contributed by atoms with Crippen molar-refractivity contribution in [1.29, 1.82) is 0 Å². The van der Waals surface area contributed by atoms with E-state index in [4.69, 9.17) is 0 Å². The van der Waals surface area contributed by atoms with Crippen LogP contribution in [0.15, 0.2) is 12.4 Å². The number of hydrogen-bond donors (Lipinski definition) is 0. The van der Waals surface area contributed by atoms with E-state index in [9.17, 15) is 4.79 Å². The number of urea groups is 1. The second-order valence-corrected chi connectivity index (χ2v) is 4.29. The Morgan fingerprint density at radius 1 is 1.50 bits per heavy atom. The van der Waals surface area contributed by atoms with Crippen LogP contribution in [-0.4, -0.2) is 45.5 Å². The van der Waals surface area contributed by atoms with Crippen molar-refractivity contribution in [3.63, 3.8) is 0 Å². The topological polar surface area (TPSA) is 41.4 Å². The normalized spacial score (nSPS) is 15.5.